The van der Waals surface area contributed by atoms with Crippen molar-refractivity contribution >= 4 is 17.5 Å². The van der Waals surface area contributed by atoms with E-state index >= 15 is 0 Å². The normalized spacial score (nSPS) is 11.9. The topological polar surface area (TPSA) is 109 Å². The number of aromatic nitrogens is 3. The van der Waals surface area contributed by atoms with Crippen LogP contribution in [0.25, 0.3) is 28.0 Å². The van der Waals surface area contributed by atoms with Crippen molar-refractivity contribution in [3.8, 4) is 28.1 Å². The van der Waals surface area contributed by atoms with Crippen LogP contribution in [0, 0.1) is 5.82 Å². The highest BCUT2D eigenvalue weighted by Crippen LogP contribution is 2.37. The number of aromatic hydroxyl groups is 1. The monoisotopic (exact) mass is 498 g/mol. The molecular formula is C28H23FN4O4. The van der Waals surface area contributed by atoms with E-state index in [4.69, 9.17) is 0 Å². The summed E-state index contributed by atoms with van der Waals surface area (Å²) in [5.74, 6) is -2.09. The number of aryl methyl sites for hydroxylation is 1. The molecule has 0 fully saturated rings. The van der Waals surface area contributed by atoms with Crippen LogP contribution in [0.15, 0.2) is 85.1 Å². The number of nitrogens with one attached hydrogen (secondary N) is 1. The number of hydrogen-bond donors (Lipinski definition) is 3. The Morgan fingerprint density at radius 3 is 2.30 bits per heavy atom. The first kappa shape index (κ1) is 23.8. The Kier molecular flexibility index (Phi) is 6.19. The van der Waals surface area contributed by atoms with Gasteiger partial charge in [-0.1, -0.05) is 42.5 Å². The Balaban J connectivity index is 1.57. The molecule has 0 radical (unpaired) electrons. The van der Waals surface area contributed by atoms with Gasteiger partial charge in [0, 0.05) is 19.0 Å². The number of imidazole rings is 1. The van der Waals surface area contributed by atoms with Gasteiger partial charge >= 0.3 is 5.97 Å². The standard InChI is InChI=1S/C28H23FN4O4/c1-32-25(19-9-11-20(29)12-10-19)24(18-5-3-2-4-6-18)26-30-16-23(33(26)32)27(35)31-22(28(36)37)15-17-7-13-21(34)14-8-17/h2-14,16,22,34H,15H2,1H3,(H,31,35)(H,36,37)/t22-/m0/s1. The Bertz CT molecular complexity index is 1590. The fourth-order valence-electron chi connectivity index (χ4n) is 4.45. The molecule has 1 atom stereocenters. The lowest BCUT2D eigenvalue weighted by Crippen LogP contribution is -2.42. The number of halogens is 1. The highest BCUT2D eigenvalue weighted by molar-refractivity contribution is 5.98. The summed E-state index contributed by atoms with van der Waals surface area (Å²) in [6.45, 7) is 0. The molecule has 9 heteroatoms. The number of phenols is 1. The maximum atomic E-state index is 13.7. The van der Waals surface area contributed by atoms with Gasteiger partial charge in [0.15, 0.2) is 5.65 Å². The van der Waals surface area contributed by atoms with E-state index in [0.29, 0.717) is 11.2 Å². The lowest BCUT2D eigenvalue weighted by Gasteiger charge is -2.15. The zero-order valence-electron chi connectivity index (χ0n) is 19.8. The summed E-state index contributed by atoms with van der Waals surface area (Å²) in [5.41, 5.74) is 4.38. The molecule has 8 nitrogen and oxygen atoms in total. The third-order valence-corrected chi connectivity index (χ3v) is 6.21. The molecule has 0 saturated carbocycles. The van der Waals surface area contributed by atoms with Gasteiger partial charge in [0.25, 0.3) is 5.91 Å². The smallest absolute Gasteiger partial charge is 0.326 e. The molecular weight excluding hydrogens is 475 g/mol. The number of carbonyl (C=O) groups is 2. The summed E-state index contributed by atoms with van der Waals surface area (Å²) in [6.07, 6.45) is 1.44. The van der Waals surface area contributed by atoms with Crippen molar-refractivity contribution in [2.24, 2.45) is 7.05 Å². The number of phenolic OH excluding ortho intramolecular Hbond substituents is 1. The summed E-state index contributed by atoms with van der Waals surface area (Å²) in [4.78, 5) is 29.8. The second-order valence-corrected chi connectivity index (χ2v) is 8.63. The number of rotatable bonds is 7. The van der Waals surface area contributed by atoms with Gasteiger partial charge in [-0.25, -0.2) is 18.7 Å². The van der Waals surface area contributed by atoms with Crippen LogP contribution in [0.5, 0.6) is 5.75 Å². The van der Waals surface area contributed by atoms with Crippen LogP contribution in [0.2, 0.25) is 0 Å². The molecule has 2 aromatic heterocycles. The van der Waals surface area contributed by atoms with Crippen LogP contribution in [0.1, 0.15) is 16.1 Å². The van der Waals surface area contributed by atoms with Gasteiger partial charge in [0.05, 0.1) is 17.5 Å². The van der Waals surface area contributed by atoms with Crippen molar-refractivity contribution in [3.05, 3.63) is 102 Å². The molecule has 37 heavy (non-hydrogen) atoms. The van der Waals surface area contributed by atoms with Crippen LogP contribution in [-0.4, -0.2) is 42.3 Å². The SMILES string of the molecule is Cn1c(-c2ccc(F)cc2)c(-c2ccccc2)c2ncc(C(=O)N[C@@H](Cc3ccc(O)cc3)C(=O)O)n21. The second kappa shape index (κ2) is 9.62. The van der Waals surface area contributed by atoms with E-state index in [0.717, 1.165) is 22.4 Å². The molecule has 0 saturated heterocycles. The van der Waals surface area contributed by atoms with Crippen LogP contribution in [0.4, 0.5) is 4.39 Å². The zero-order valence-corrected chi connectivity index (χ0v) is 19.8. The molecule has 0 aliphatic carbocycles. The Labute approximate surface area is 211 Å². The summed E-state index contributed by atoms with van der Waals surface area (Å²) >= 11 is 0. The van der Waals surface area contributed by atoms with Crippen LogP contribution >= 0.6 is 0 Å². The van der Waals surface area contributed by atoms with Crippen LogP contribution in [-0.2, 0) is 18.3 Å². The first-order chi connectivity index (χ1) is 17.8. The van der Waals surface area contributed by atoms with E-state index < -0.39 is 17.9 Å². The molecule has 0 bridgehead atoms. The number of aliphatic carboxylic acids is 1. The number of carboxylic acid groups (broad SMARTS) is 1. The first-order valence-corrected chi connectivity index (χ1v) is 11.5. The van der Waals surface area contributed by atoms with Crippen molar-refractivity contribution in [3.63, 3.8) is 0 Å². The summed E-state index contributed by atoms with van der Waals surface area (Å²) in [5, 5.41) is 21.8. The molecule has 5 aromatic rings. The quantitative estimate of drug-likeness (QED) is 0.310. The van der Waals surface area contributed by atoms with E-state index in [9.17, 15) is 24.2 Å². The lowest BCUT2D eigenvalue weighted by molar-refractivity contribution is -0.139. The fourth-order valence-corrected chi connectivity index (χ4v) is 4.45. The van der Waals surface area contributed by atoms with Gasteiger partial charge in [-0.3, -0.25) is 9.48 Å². The van der Waals surface area contributed by atoms with Gasteiger partial charge in [0.1, 0.15) is 23.3 Å². The molecule has 3 aromatic carbocycles. The van der Waals surface area contributed by atoms with Gasteiger partial charge in [-0.2, -0.15) is 0 Å². The number of hydrogen-bond acceptors (Lipinski definition) is 4. The van der Waals surface area contributed by atoms with Crippen molar-refractivity contribution in [2.45, 2.75) is 12.5 Å². The number of nitrogens with zero attached hydrogens (tertiary/aromatic N) is 3. The predicted molar refractivity (Wildman–Crippen MR) is 136 cm³/mol. The number of amides is 1. The molecule has 2 heterocycles. The molecule has 0 spiro atoms. The van der Waals surface area contributed by atoms with E-state index in [2.05, 4.69) is 10.3 Å². The average Bonchev–Trinajstić information content (AvgIpc) is 3.45. The number of carbonyl (C=O) groups excluding carboxylic acids is 1. The highest BCUT2D eigenvalue weighted by Gasteiger charge is 2.27. The third kappa shape index (κ3) is 4.54. The predicted octanol–water partition coefficient (Wildman–Crippen LogP) is 4.28. The largest absolute Gasteiger partial charge is 0.508 e. The van der Waals surface area contributed by atoms with Gasteiger partial charge in [-0.05, 0) is 47.5 Å². The number of fused-ring (bicyclic) bond motifs is 1. The van der Waals surface area contributed by atoms with Crippen molar-refractivity contribution in [1.82, 2.24) is 19.5 Å². The van der Waals surface area contributed by atoms with E-state index in [1.807, 2.05) is 30.3 Å². The molecule has 5 rings (SSSR count). The summed E-state index contributed by atoms with van der Waals surface area (Å²) in [6, 6.07) is 20.5. The minimum absolute atomic E-state index is 0.0343. The minimum atomic E-state index is -1.20. The molecule has 0 aliphatic heterocycles. The molecule has 1 amide bonds. The fraction of sp³-hybridized carbons (Fsp3) is 0.107. The summed E-state index contributed by atoms with van der Waals surface area (Å²) in [7, 11) is 1.77. The van der Waals surface area contributed by atoms with Crippen molar-refractivity contribution in [1.29, 1.82) is 0 Å². The van der Waals surface area contributed by atoms with Crippen molar-refractivity contribution in [2.75, 3.05) is 0 Å². The van der Waals surface area contributed by atoms with Crippen LogP contribution in [0.3, 0.4) is 0 Å². The first-order valence-electron chi connectivity index (χ1n) is 11.5. The maximum Gasteiger partial charge on any atom is 0.326 e. The average molecular weight is 499 g/mol. The lowest BCUT2D eigenvalue weighted by atomic mass is 10.0. The Hall–Kier alpha value is -4.92. The Morgan fingerprint density at radius 2 is 1.65 bits per heavy atom. The number of benzene rings is 3. The van der Waals surface area contributed by atoms with Crippen molar-refractivity contribution < 1.29 is 24.2 Å². The number of carboxylic acids is 1. The van der Waals surface area contributed by atoms with E-state index in [1.165, 1.54) is 30.5 Å². The maximum absolute atomic E-state index is 13.7. The second-order valence-electron chi connectivity index (χ2n) is 8.63. The Morgan fingerprint density at radius 1 is 0.973 bits per heavy atom. The van der Waals surface area contributed by atoms with Crippen LogP contribution < -0.4 is 5.32 Å². The van der Waals surface area contributed by atoms with E-state index in [1.54, 1.807) is 40.5 Å². The zero-order chi connectivity index (χ0) is 26.1. The molecule has 0 aliphatic rings. The molecule has 3 N–H and O–H groups in total. The molecule has 186 valence electrons. The van der Waals surface area contributed by atoms with E-state index in [-0.39, 0.29) is 23.7 Å². The highest BCUT2D eigenvalue weighted by atomic mass is 19.1. The minimum Gasteiger partial charge on any atom is -0.508 e. The summed E-state index contributed by atoms with van der Waals surface area (Å²) < 4.78 is 17.0. The molecule has 0 unspecified atom stereocenters. The third-order valence-electron chi connectivity index (χ3n) is 6.21. The van der Waals surface area contributed by atoms with Gasteiger partial charge in [-0.15, -0.1) is 0 Å². The van der Waals surface area contributed by atoms with Gasteiger partial charge in [0.2, 0.25) is 0 Å². The van der Waals surface area contributed by atoms with Gasteiger partial charge < -0.3 is 15.5 Å².